The van der Waals surface area contributed by atoms with E-state index < -0.39 is 6.16 Å². The van der Waals surface area contributed by atoms with Crippen LogP contribution in [0.5, 0.6) is 11.5 Å². The maximum Gasteiger partial charge on any atom is 0.511 e. The molecule has 0 saturated heterocycles. The zero-order valence-electron chi connectivity index (χ0n) is 16.2. The highest BCUT2D eigenvalue weighted by Gasteiger charge is 2.13. The van der Waals surface area contributed by atoms with Crippen molar-refractivity contribution in [2.75, 3.05) is 11.4 Å². The summed E-state index contributed by atoms with van der Waals surface area (Å²) in [4.78, 5) is 17.0. The van der Waals surface area contributed by atoms with Crippen molar-refractivity contribution in [3.63, 3.8) is 0 Å². The molecule has 0 aliphatic heterocycles. The normalized spacial score (nSPS) is 10.5. The van der Waals surface area contributed by atoms with Crippen molar-refractivity contribution in [3.05, 3.63) is 81.4 Å². The summed E-state index contributed by atoms with van der Waals surface area (Å²) in [5.41, 5.74) is 1.97. The van der Waals surface area contributed by atoms with E-state index in [0.29, 0.717) is 30.5 Å². The Morgan fingerprint density at radius 1 is 1.20 bits per heavy atom. The molecule has 156 valence electrons. The minimum atomic E-state index is -1.37. The fourth-order valence-electron chi connectivity index (χ4n) is 2.88. The van der Waals surface area contributed by atoms with Crippen LogP contribution in [0, 0.1) is 0 Å². The molecule has 8 heteroatoms. The number of halogens is 2. The zero-order valence-corrected chi connectivity index (χ0v) is 18.6. The van der Waals surface area contributed by atoms with Gasteiger partial charge < -0.3 is 19.5 Å². The molecule has 2 aromatic carbocycles. The lowest BCUT2D eigenvalue weighted by Gasteiger charge is -2.23. The van der Waals surface area contributed by atoms with Crippen LogP contribution in [-0.4, -0.2) is 22.8 Å². The predicted octanol–water partition coefficient (Wildman–Crippen LogP) is 6.16. The van der Waals surface area contributed by atoms with E-state index in [4.69, 9.17) is 21.4 Å². The van der Waals surface area contributed by atoms with E-state index in [1.165, 1.54) is 6.20 Å². The Bertz CT molecular complexity index is 1010. The van der Waals surface area contributed by atoms with E-state index in [2.05, 4.69) is 30.6 Å². The van der Waals surface area contributed by atoms with Crippen molar-refractivity contribution < 1.29 is 19.4 Å². The molecule has 0 amide bonds. The summed E-state index contributed by atoms with van der Waals surface area (Å²) >= 11 is 9.58. The van der Waals surface area contributed by atoms with Crippen molar-refractivity contribution in [1.29, 1.82) is 0 Å². The van der Waals surface area contributed by atoms with Gasteiger partial charge in [0.1, 0.15) is 18.2 Å². The monoisotopic (exact) mass is 490 g/mol. The average molecular weight is 492 g/mol. The van der Waals surface area contributed by atoms with Gasteiger partial charge >= 0.3 is 6.16 Å². The molecule has 0 fully saturated rings. The molecule has 1 aromatic heterocycles. The van der Waals surface area contributed by atoms with Gasteiger partial charge in [-0.1, -0.05) is 39.7 Å². The molecule has 1 heterocycles. The highest BCUT2D eigenvalue weighted by Crippen LogP contribution is 2.27. The Morgan fingerprint density at radius 3 is 2.70 bits per heavy atom. The van der Waals surface area contributed by atoms with Crippen LogP contribution >= 0.6 is 27.5 Å². The standard InChI is InChI=1S/C22H20BrClN2O4/c1-2-26(21-9-7-19(12-25-21)30-22(27)28)13-16-11-17(23)6-8-20(16)29-14-15-4-3-5-18(24)10-15/h3-12H,2,13-14H2,1H3,(H,27,28). The largest absolute Gasteiger partial charge is 0.511 e. The Morgan fingerprint density at radius 2 is 2.03 bits per heavy atom. The van der Waals surface area contributed by atoms with E-state index in [0.717, 1.165) is 21.3 Å². The quantitative estimate of drug-likeness (QED) is 0.381. The number of anilines is 1. The van der Waals surface area contributed by atoms with E-state index >= 15 is 0 Å². The number of carboxylic acid groups (broad SMARTS) is 1. The van der Waals surface area contributed by atoms with Crippen LogP contribution in [0.4, 0.5) is 10.6 Å². The second-order valence-electron chi connectivity index (χ2n) is 6.40. The Kier molecular flexibility index (Phi) is 7.54. The summed E-state index contributed by atoms with van der Waals surface area (Å²) in [6.07, 6.45) is 0.0244. The highest BCUT2D eigenvalue weighted by atomic mass is 79.9. The first-order valence-electron chi connectivity index (χ1n) is 9.22. The first-order chi connectivity index (χ1) is 14.4. The van der Waals surface area contributed by atoms with Gasteiger partial charge in [0.2, 0.25) is 0 Å². The smallest absolute Gasteiger partial charge is 0.489 e. The van der Waals surface area contributed by atoms with Gasteiger partial charge in [-0.25, -0.2) is 9.78 Å². The first kappa shape index (κ1) is 21.9. The summed E-state index contributed by atoms with van der Waals surface area (Å²) in [7, 11) is 0. The van der Waals surface area contributed by atoms with Crippen LogP contribution in [0.1, 0.15) is 18.1 Å². The predicted molar refractivity (Wildman–Crippen MR) is 120 cm³/mol. The second-order valence-corrected chi connectivity index (χ2v) is 7.76. The molecule has 0 radical (unpaired) electrons. The van der Waals surface area contributed by atoms with Crippen molar-refractivity contribution in [2.24, 2.45) is 0 Å². The van der Waals surface area contributed by atoms with Crippen LogP contribution in [0.15, 0.2) is 65.3 Å². The number of hydrogen-bond acceptors (Lipinski definition) is 5. The molecule has 0 aliphatic carbocycles. The van der Waals surface area contributed by atoms with Crippen LogP contribution in [0.2, 0.25) is 5.02 Å². The van der Waals surface area contributed by atoms with Gasteiger partial charge in [0.25, 0.3) is 0 Å². The second kappa shape index (κ2) is 10.3. The summed E-state index contributed by atoms with van der Waals surface area (Å²) in [6, 6.07) is 16.7. The van der Waals surface area contributed by atoms with Crippen molar-refractivity contribution >= 4 is 39.5 Å². The molecule has 30 heavy (non-hydrogen) atoms. The lowest BCUT2D eigenvalue weighted by Crippen LogP contribution is -2.23. The third-order valence-electron chi connectivity index (χ3n) is 4.30. The van der Waals surface area contributed by atoms with E-state index in [1.54, 1.807) is 12.1 Å². The maximum atomic E-state index is 10.7. The highest BCUT2D eigenvalue weighted by molar-refractivity contribution is 9.10. The van der Waals surface area contributed by atoms with Crippen molar-refractivity contribution in [3.8, 4) is 11.5 Å². The minimum absolute atomic E-state index is 0.176. The van der Waals surface area contributed by atoms with Crippen LogP contribution in [0.3, 0.4) is 0 Å². The number of carbonyl (C=O) groups is 1. The molecule has 6 nitrogen and oxygen atoms in total. The molecular formula is C22H20BrClN2O4. The Hall–Kier alpha value is -2.77. The summed E-state index contributed by atoms with van der Waals surface area (Å²) in [6.45, 7) is 3.69. The van der Waals surface area contributed by atoms with Gasteiger partial charge in [-0.05, 0) is 55.0 Å². The van der Waals surface area contributed by atoms with E-state index in [1.807, 2.05) is 49.4 Å². The number of rotatable bonds is 8. The Labute approximate surface area is 188 Å². The SMILES string of the molecule is CCN(Cc1cc(Br)ccc1OCc1cccc(Cl)c1)c1ccc(OC(=O)O)cn1. The van der Waals surface area contributed by atoms with Gasteiger partial charge in [0, 0.05) is 28.1 Å². The molecule has 3 aromatic rings. The molecule has 0 aliphatic rings. The topological polar surface area (TPSA) is 71.9 Å². The maximum absolute atomic E-state index is 10.7. The van der Waals surface area contributed by atoms with E-state index in [9.17, 15) is 4.79 Å². The summed E-state index contributed by atoms with van der Waals surface area (Å²) < 4.78 is 11.6. The number of benzene rings is 2. The fraction of sp³-hybridized carbons (Fsp3) is 0.182. The molecule has 3 rings (SSSR count). The molecule has 0 unspecified atom stereocenters. The van der Waals surface area contributed by atoms with Crippen molar-refractivity contribution in [1.82, 2.24) is 4.98 Å². The van der Waals surface area contributed by atoms with Gasteiger partial charge in [-0.3, -0.25) is 0 Å². The lowest BCUT2D eigenvalue weighted by molar-refractivity contribution is 0.144. The van der Waals surface area contributed by atoms with Crippen LogP contribution in [-0.2, 0) is 13.2 Å². The van der Waals surface area contributed by atoms with Gasteiger partial charge in [-0.2, -0.15) is 0 Å². The number of aromatic nitrogens is 1. The average Bonchev–Trinajstić information content (AvgIpc) is 2.72. The zero-order chi connectivity index (χ0) is 21.5. The molecule has 0 atom stereocenters. The third-order valence-corrected chi connectivity index (χ3v) is 5.03. The van der Waals surface area contributed by atoms with Crippen LogP contribution < -0.4 is 14.4 Å². The van der Waals surface area contributed by atoms with Crippen molar-refractivity contribution in [2.45, 2.75) is 20.1 Å². The van der Waals surface area contributed by atoms with Crippen LogP contribution in [0.25, 0.3) is 0 Å². The number of ether oxygens (including phenoxy) is 2. The third kappa shape index (κ3) is 6.11. The number of nitrogens with zero attached hydrogens (tertiary/aromatic N) is 2. The molecule has 0 saturated carbocycles. The molecule has 0 bridgehead atoms. The van der Waals surface area contributed by atoms with E-state index in [-0.39, 0.29) is 5.75 Å². The lowest BCUT2D eigenvalue weighted by atomic mass is 10.1. The summed E-state index contributed by atoms with van der Waals surface area (Å²) in [5.74, 6) is 1.65. The number of pyridine rings is 1. The minimum Gasteiger partial charge on any atom is -0.489 e. The van der Waals surface area contributed by atoms with Gasteiger partial charge in [0.05, 0.1) is 6.20 Å². The van der Waals surface area contributed by atoms with Gasteiger partial charge in [0.15, 0.2) is 5.75 Å². The molecule has 0 spiro atoms. The van der Waals surface area contributed by atoms with Gasteiger partial charge in [-0.15, -0.1) is 0 Å². The molecule has 1 N–H and O–H groups in total. The molecular weight excluding hydrogens is 472 g/mol. The first-order valence-corrected chi connectivity index (χ1v) is 10.4. The fourth-order valence-corrected chi connectivity index (χ4v) is 3.50. The summed E-state index contributed by atoms with van der Waals surface area (Å²) in [5, 5.41) is 9.38. The Balaban J connectivity index is 1.76. The number of hydrogen-bond donors (Lipinski definition) is 1.